The molecule has 0 bridgehead atoms. The molecule has 0 unspecified atom stereocenters. The Morgan fingerprint density at radius 3 is 3.04 bits per heavy atom. The third kappa shape index (κ3) is 3.27. The minimum absolute atomic E-state index is 0.0780. The monoisotopic (exact) mass is 314 g/mol. The summed E-state index contributed by atoms with van der Waals surface area (Å²) in [7, 11) is 0. The molecule has 1 amide bonds. The summed E-state index contributed by atoms with van der Waals surface area (Å²) < 4.78 is 6.91. The number of nitrogens with zero attached hydrogens (tertiary/aromatic N) is 1. The molecule has 0 saturated heterocycles. The van der Waals surface area contributed by atoms with Crippen LogP contribution in [0.5, 0.6) is 5.75 Å². The maximum absolute atomic E-state index is 12.2. The second kappa shape index (κ2) is 6.26. The summed E-state index contributed by atoms with van der Waals surface area (Å²) in [6.07, 6.45) is 1.54. The van der Waals surface area contributed by atoms with Crippen molar-refractivity contribution in [1.82, 2.24) is 4.57 Å². The number of amides is 1. The van der Waals surface area contributed by atoms with Crippen LogP contribution in [-0.2, 0) is 11.3 Å². The Bertz CT molecular complexity index is 797. The topological polar surface area (TPSA) is 80.6 Å². The van der Waals surface area contributed by atoms with E-state index in [0.29, 0.717) is 30.0 Å². The van der Waals surface area contributed by atoms with Crippen LogP contribution in [0.3, 0.4) is 0 Å². The van der Waals surface area contributed by atoms with Crippen molar-refractivity contribution in [3.8, 4) is 5.75 Å². The number of anilines is 1. The molecule has 6 nitrogen and oxygen atoms in total. The standard InChI is InChI=1S/C17H18N2O4/c1-11-5-7-19(16(22)9-11)10-15(21)18-13-4-2-3-12-14(20)6-8-23-17(12)13/h2-5,7,9,14,20H,6,8,10H2,1H3,(H,18,21)/t14-/m0/s1. The number of para-hydroxylation sites is 1. The van der Waals surface area contributed by atoms with Gasteiger partial charge in [0.2, 0.25) is 5.91 Å². The minimum atomic E-state index is -0.588. The van der Waals surface area contributed by atoms with Crippen LogP contribution in [0, 0.1) is 6.92 Å². The molecule has 1 aromatic heterocycles. The second-order valence-electron chi connectivity index (χ2n) is 5.60. The van der Waals surface area contributed by atoms with E-state index in [1.807, 2.05) is 6.92 Å². The summed E-state index contributed by atoms with van der Waals surface area (Å²) in [4.78, 5) is 24.0. The Labute approximate surface area is 133 Å². The number of hydrogen-bond acceptors (Lipinski definition) is 4. The molecule has 0 fully saturated rings. The van der Waals surface area contributed by atoms with E-state index in [0.717, 1.165) is 5.56 Å². The lowest BCUT2D eigenvalue weighted by Crippen LogP contribution is -2.27. The molecule has 1 aliphatic rings. The molecular weight excluding hydrogens is 296 g/mol. The van der Waals surface area contributed by atoms with Gasteiger partial charge in [-0.15, -0.1) is 0 Å². The van der Waals surface area contributed by atoms with Crippen molar-refractivity contribution in [3.63, 3.8) is 0 Å². The number of aliphatic hydroxyl groups is 1. The van der Waals surface area contributed by atoms with Gasteiger partial charge >= 0.3 is 0 Å². The van der Waals surface area contributed by atoms with Gasteiger partial charge in [0.15, 0.2) is 0 Å². The van der Waals surface area contributed by atoms with Crippen LogP contribution in [0.25, 0.3) is 0 Å². The van der Waals surface area contributed by atoms with Gasteiger partial charge in [-0.2, -0.15) is 0 Å². The molecule has 120 valence electrons. The molecule has 2 aromatic rings. The molecule has 2 heterocycles. The highest BCUT2D eigenvalue weighted by Crippen LogP contribution is 2.37. The molecule has 1 atom stereocenters. The van der Waals surface area contributed by atoms with Gasteiger partial charge in [-0.25, -0.2) is 0 Å². The molecule has 1 aliphatic heterocycles. The Kier molecular flexibility index (Phi) is 4.16. The first-order valence-corrected chi connectivity index (χ1v) is 7.45. The Hall–Kier alpha value is -2.60. The summed E-state index contributed by atoms with van der Waals surface area (Å²) >= 11 is 0. The summed E-state index contributed by atoms with van der Waals surface area (Å²) in [5.74, 6) is 0.170. The van der Waals surface area contributed by atoms with Crippen molar-refractivity contribution < 1.29 is 14.6 Å². The number of rotatable bonds is 3. The lowest BCUT2D eigenvalue weighted by molar-refractivity contribution is -0.116. The number of hydrogen-bond donors (Lipinski definition) is 2. The molecule has 23 heavy (non-hydrogen) atoms. The van der Waals surface area contributed by atoms with Gasteiger partial charge in [-0.3, -0.25) is 9.59 Å². The molecule has 1 aromatic carbocycles. The molecule has 0 spiro atoms. The van der Waals surface area contributed by atoms with Gasteiger partial charge in [-0.1, -0.05) is 12.1 Å². The zero-order valence-electron chi connectivity index (χ0n) is 12.8. The summed E-state index contributed by atoms with van der Waals surface area (Å²) in [6.45, 7) is 2.15. The van der Waals surface area contributed by atoms with Crippen molar-refractivity contribution in [2.75, 3.05) is 11.9 Å². The molecule has 2 N–H and O–H groups in total. The molecule has 0 saturated carbocycles. The first-order chi connectivity index (χ1) is 11.0. The fraction of sp³-hybridized carbons (Fsp3) is 0.294. The molecule has 0 radical (unpaired) electrons. The van der Waals surface area contributed by atoms with Crippen LogP contribution in [0.15, 0.2) is 41.3 Å². The Balaban J connectivity index is 1.78. The predicted octanol–water partition coefficient (Wildman–Crippen LogP) is 1.61. The van der Waals surface area contributed by atoms with E-state index in [-0.39, 0.29) is 18.0 Å². The van der Waals surface area contributed by atoms with E-state index in [9.17, 15) is 14.7 Å². The normalized spacial score (nSPS) is 16.3. The summed E-state index contributed by atoms with van der Waals surface area (Å²) in [5.41, 5.74) is 1.81. The van der Waals surface area contributed by atoms with Gasteiger partial charge < -0.3 is 19.7 Å². The number of nitrogens with one attached hydrogen (secondary N) is 1. The van der Waals surface area contributed by atoms with Crippen LogP contribution in [0.4, 0.5) is 5.69 Å². The number of pyridine rings is 1. The fourth-order valence-electron chi connectivity index (χ4n) is 2.59. The number of carbonyl (C=O) groups is 1. The van der Waals surface area contributed by atoms with Gasteiger partial charge in [0.25, 0.3) is 5.56 Å². The smallest absolute Gasteiger partial charge is 0.251 e. The third-order valence-corrected chi connectivity index (χ3v) is 3.78. The first kappa shape index (κ1) is 15.3. The molecular formula is C17H18N2O4. The highest BCUT2D eigenvalue weighted by molar-refractivity contribution is 5.92. The Morgan fingerprint density at radius 1 is 1.43 bits per heavy atom. The fourth-order valence-corrected chi connectivity index (χ4v) is 2.59. The van der Waals surface area contributed by atoms with E-state index in [1.165, 1.54) is 10.6 Å². The van der Waals surface area contributed by atoms with Gasteiger partial charge in [0.05, 0.1) is 18.4 Å². The average Bonchev–Trinajstić information content (AvgIpc) is 2.51. The molecule has 6 heteroatoms. The van der Waals surface area contributed by atoms with Crippen molar-refractivity contribution in [1.29, 1.82) is 0 Å². The van der Waals surface area contributed by atoms with E-state index in [1.54, 1.807) is 30.5 Å². The van der Waals surface area contributed by atoms with Crippen LogP contribution in [0.1, 0.15) is 23.7 Å². The van der Waals surface area contributed by atoms with Gasteiger partial charge in [0, 0.05) is 24.2 Å². The number of ether oxygens (including phenoxy) is 1. The van der Waals surface area contributed by atoms with Gasteiger partial charge in [-0.05, 0) is 24.6 Å². The zero-order chi connectivity index (χ0) is 16.4. The number of fused-ring (bicyclic) bond motifs is 1. The maximum Gasteiger partial charge on any atom is 0.251 e. The lowest BCUT2D eigenvalue weighted by Gasteiger charge is -2.24. The number of aromatic nitrogens is 1. The first-order valence-electron chi connectivity index (χ1n) is 7.45. The van der Waals surface area contributed by atoms with E-state index < -0.39 is 6.10 Å². The molecule has 0 aliphatic carbocycles. The third-order valence-electron chi connectivity index (χ3n) is 3.78. The van der Waals surface area contributed by atoms with Crippen molar-refractivity contribution in [2.24, 2.45) is 0 Å². The highest BCUT2D eigenvalue weighted by atomic mass is 16.5. The summed E-state index contributed by atoms with van der Waals surface area (Å²) in [6, 6.07) is 8.51. The quantitative estimate of drug-likeness (QED) is 0.902. The van der Waals surface area contributed by atoms with Crippen molar-refractivity contribution >= 4 is 11.6 Å². The minimum Gasteiger partial charge on any atom is -0.491 e. The van der Waals surface area contributed by atoms with Crippen molar-refractivity contribution in [2.45, 2.75) is 26.0 Å². The Morgan fingerprint density at radius 2 is 2.26 bits per heavy atom. The lowest BCUT2D eigenvalue weighted by atomic mass is 10.0. The van der Waals surface area contributed by atoms with Crippen LogP contribution in [0.2, 0.25) is 0 Å². The van der Waals surface area contributed by atoms with E-state index in [2.05, 4.69) is 5.32 Å². The number of benzene rings is 1. The van der Waals surface area contributed by atoms with Crippen LogP contribution in [-0.4, -0.2) is 22.2 Å². The van der Waals surface area contributed by atoms with Gasteiger partial charge in [0.1, 0.15) is 12.3 Å². The number of carbonyl (C=O) groups excluding carboxylic acids is 1. The average molecular weight is 314 g/mol. The summed E-state index contributed by atoms with van der Waals surface area (Å²) in [5, 5.41) is 12.7. The maximum atomic E-state index is 12.2. The highest BCUT2D eigenvalue weighted by Gasteiger charge is 2.22. The van der Waals surface area contributed by atoms with Crippen molar-refractivity contribution in [3.05, 3.63) is 58.0 Å². The van der Waals surface area contributed by atoms with E-state index >= 15 is 0 Å². The second-order valence-corrected chi connectivity index (χ2v) is 5.60. The zero-order valence-corrected chi connectivity index (χ0v) is 12.8. The number of aryl methyl sites for hydroxylation is 1. The predicted molar refractivity (Wildman–Crippen MR) is 85.6 cm³/mol. The molecule has 3 rings (SSSR count). The van der Waals surface area contributed by atoms with Crippen LogP contribution >= 0.6 is 0 Å². The SMILES string of the molecule is Cc1ccn(CC(=O)Nc2cccc3c2OCC[C@@H]3O)c(=O)c1. The largest absolute Gasteiger partial charge is 0.491 e. The number of aliphatic hydroxyl groups excluding tert-OH is 1. The van der Waals surface area contributed by atoms with Crippen LogP contribution < -0.4 is 15.6 Å². The van der Waals surface area contributed by atoms with E-state index in [4.69, 9.17) is 4.74 Å².